The van der Waals surface area contributed by atoms with Crippen molar-refractivity contribution in [3.05, 3.63) is 47.1 Å². The Morgan fingerprint density at radius 2 is 2.00 bits per heavy atom. The van der Waals surface area contributed by atoms with E-state index in [0.29, 0.717) is 5.82 Å². The van der Waals surface area contributed by atoms with Gasteiger partial charge < -0.3 is 15.2 Å². The molecular weight excluding hydrogens is 292 g/mol. The van der Waals surface area contributed by atoms with Gasteiger partial charge in [0.15, 0.2) is 0 Å². The van der Waals surface area contributed by atoms with Crippen molar-refractivity contribution in [1.82, 2.24) is 4.98 Å². The molecule has 2 aromatic rings. The summed E-state index contributed by atoms with van der Waals surface area (Å²) in [4.78, 5) is 15.1. The number of carboxylic acid groups (broad SMARTS) is 1. The summed E-state index contributed by atoms with van der Waals surface area (Å²) in [5, 5.41) is 12.1. The molecule has 0 saturated carbocycles. The highest BCUT2D eigenvalue weighted by molar-refractivity contribution is 6.33. The zero-order chi connectivity index (χ0) is 15.4. The normalized spacial score (nSPS) is 10.5. The zero-order valence-electron chi connectivity index (χ0n) is 11.6. The van der Waals surface area contributed by atoms with Gasteiger partial charge >= 0.3 is 5.97 Å². The third-order valence-electron chi connectivity index (χ3n) is 2.58. The molecule has 1 aromatic heterocycles. The minimum Gasteiger partial charge on any atom is -0.491 e. The molecule has 21 heavy (non-hydrogen) atoms. The molecule has 0 aliphatic rings. The molecule has 2 rings (SSSR count). The number of halogens is 1. The average molecular weight is 307 g/mol. The third-order valence-corrected chi connectivity index (χ3v) is 2.89. The first-order valence-electron chi connectivity index (χ1n) is 6.38. The van der Waals surface area contributed by atoms with Crippen molar-refractivity contribution >= 4 is 29.1 Å². The van der Waals surface area contributed by atoms with Gasteiger partial charge in [-0.3, -0.25) is 0 Å². The fourth-order valence-corrected chi connectivity index (χ4v) is 1.89. The Hall–Kier alpha value is -2.27. The predicted molar refractivity (Wildman–Crippen MR) is 81.7 cm³/mol. The summed E-state index contributed by atoms with van der Waals surface area (Å²) in [5.74, 6) is 0.0892. The lowest BCUT2D eigenvalue weighted by atomic mass is 10.2. The van der Waals surface area contributed by atoms with Gasteiger partial charge in [0.05, 0.1) is 16.7 Å². The van der Waals surface area contributed by atoms with E-state index in [0.717, 1.165) is 11.4 Å². The Labute approximate surface area is 127 Å². The van der Waals surface area contributed by atoms with Crippen LogP contribution in [0.4, 0.5) is 11.5 Å². The number of carboxylic acids is 1. The number of pyridine rings is 1. The molecule has 0 aliphatic carbocycles. The highest BCUT2D eigenvalue weighted by Gasteiger charge is 2.10. The second kappa shape index (κ2) is 6.45. The summed E-state index contributed by atoms with van der Waals surface area (Å²) in [6.07, 6.45) is 1.42. The van der Waals surface area contributed by atoms with Crippen molar-refractivity contribution in [2.75, 3.05) is 5.32 Å². The average Bonchev–Trinajstić information content (AvgIpc) is 2.42. The number of rotatable bonds is 5. The van der Waals surface area contributed by atoms with Crippen LogP contribution in [0.5, 0.6) is 5.75 Å². The van der Waals surface area contributed by atoms with Crippen LogP contribution in [-0.4, -0.2) is 22.2 Å². The van der Waals surface area contributed by atoms with Gasteiger partial charge in [0.25, 0.3) is 0 Å². The standard InChI is InChI=1S/C15H15ClN2O3/c1-9(2)21-11-5-3-10(4-6-11)18-14-7-12(15(19)20)13(16)8-17-14/h3-9H,1-2H3,(H,17,18)(H,19,20). The maximum atomic E-state index is 11.0. The molecule has 1 aromatic carbocycles. The van der Waals surface area contributed by atoms with Gasteiger partial charge in [-0.05, 0) is 44.2 Å². The SMILES string of the molecule is CC(C)Oc1ccc(Nc2cc(C(=O)O)c(Cl)cn2)cc1. The fourth-order valence-electron chi connectivity index (χ4n) is 1.71. The van der Waals surface area contributed by atoms with E-state index < -0.39 is 5.97 Å². The lowest BCUT2D eigenvalue weighted by Crippen LogP contribution is -2.05. The molecule has 0 spiro atoms. The second-order valence-electron chi connectivity index (χ2n) is 4.67. The van der Waals surface area contributed by atoms with Gasteiger partial charge in [0, 0.05) is 11.9 Å². The largest absolute Gasteiger partial charge is 0.491 e. The number of anilines is 2. The molecule has 0 radical (unpaired) electrons. The molecule has 1 heterocycles. The van der Waals surface area contributed by atoms with E-state index >= 15 is 0 Å². The number of hydrogen-bond acceptors (Lipinski definition) is 4. The molecule has 0 unspecified atom stereocenters. The molecule has 5 nitrogen and oxygen atoms in total. The number of nitrogens with one attached hydrogen (secondary N) is 1. The Kier molecular flexibility index (Phi) is 4.65. The number of aromatic carboxylic acids is 1. The molecule has 2 N–H and O–H groups in total. The van der Waals surface area contributed by atoms with Crippen LogP contribution in [0.15, 0.2) is 36.5 Å². The van der Waals surface area contributed by atoms with Crippen molar-refractivity contribution in [3.8, 4) is 5.75 Å². The zero-order valence-corrected chi connectivity index (χ0v) is 12.4. The summed E-state index contributed by atoms with van der Waals surface area (Å²) in [5.41, 5.74) is 0.784. The van der Waals surface area contributed by atoms with Gasteiger partial charge in [0.1, 0.15) is 11.6 Å². The molecule has 0 saturated heterocycles. The van der Waals surface area contributed by atoms with Crippen LogP contribution in [0.3, 0.4) is 0 Å². The summed E-state index contributed by atoms with van der Waals surface area (Å²) in [7, 11) is 0. The lowest BCUT2D eigenvalue weighted by Gasteiger charge is -2.11. The van der Waals surface area contributed by atoms with Crippen LogP contribution < -0.4 is 10.1 Å². The van der Waals surface area contributed by atoms with Gasteiger partial charge in [-0.2, -0.15) is 0 Å². The Morgan fingerprint density at radius 3 is 2.57 bits per heavy atom. The van der Waals surface area contributed by atoms with Crippen molar-refractivity contribution in [2.45, 2.75) is 20.0 Å². The van der Waals surface area contributed by atoms with Crippen molar-refractivity contribution in [2.24, 2.45) is 0 Å². The topological polar surface area (TPSA) is 71.5 Å². The van der Waals surface area contributed by atoms with E-state index in [4.69, 9.17) is 21.4 Å². The Balaban J connectivity index is 2.14. The molecule has 6 heteroatoms. The molecule has 0 atom stereocenters. The van der Waals surface area contributed by atoms with E-state index in [1.165, 1.54) is 12.3 Å². The van der Waals surface area contributed by atoms with Crippen LogP contribution in [0.2, 0.25) is 5.02 Å². The predicted octanol–water partition coefficient (Wildman–Crippen LogP) is 3.96. The minimum absolute atomic E-state index is 0.00827. The molecule has 0 bridgehead atoms. The molecular formula is C15H15ClN2O3. The van der Waals surface area contributed by atoms with E-state index in [1.54, 1.807) is 0 Å². The van der Waals surface area contributed by atoms with E-state index in [2.05, 4.69) is 10.3 Å². The number of nitrogens with zero attached hydrogens (tertiary/aromatic N) is 1. The van der Waals surface area contributed by atoms with Gasteiger partial charge in [-0.25, -0.2) is 9.78 Å². The van der Waals surface area contributed by atoms with Gasteiger partial charge in [-0.1, -0.05) is 11.6 Å². The maximum absolute atomic E-state index is 11.0. The number of benzene rings is 1. The fraction of sp³-hybridized carbons (Fsp3) is 0.200. The minimum atomic E-state index is -1.09. The Morgan fingerprint density at radius 1 is 1.33 bits per heavy atom. The quantitative estimate of drug-likeness (QED) is 0.874. The number of ether oxygens (including phenoxy) is 1. The number of hydrogen-bond donors (Lipinski definition) is 2. The Bertz CT molecular complexity index is 642. The first-order valence-corrected chi connectivity index (χ1v) is 6.76. The summed E-state index contributed by atoms with van der Waals surface area (Å²) >= 11 is 5.78. The molecule has 0 aliphatic heterocycles. The van der Waals surface area contributed by atoms with Crippen LogP contribution in [0, 0.1) is 0 Å². The molecule has 0 amide bonds. The van der Waals surface area contributed by atoms with Gasteiger partial charge in [0.2, 0.25) is 0 Å². The smallest absolute Gasteiger partial charge is 0.337 e. The van der Waals surface area contributed by atoms with Crippen molar-refractivity contribution in [1.29, 1.82) is 0 Å². The monoisotopic (exact) mass is 306 g/mol. The number of aromatic nitrogens is 1. The summed E-state index contributed by atoms with van der Waals surface area (Å²) in [6.45, 7) is 3.91. The summed E-state index contributed by atoms with van der Waals surface area (Å²) < 4.78 is 5.55. The third kappa shape index (κ3) is 4.10. The second-order valence-corrected chi connectivity index (χ2v) is 5.08. The highest BCUT2D eigenvalue weighted by Crippen LogP contribution is 2.22. The van der Waals surface area contributed by atoms with Crippen LogP contribution in [-0.2, 0) is 0 Å². The van der Waals surface area contributed by atoms with Crippen LogP contribution in [0.1, 0.15) is 24.2 Å². The first kappa shape index (κ1) is 15.1. The number of carbonyl (C=O) groups is 1. The van der Waals surface area contributed by atoms with E-state index in [9.17, 15) is 4.79 Å². The van der Waals surface area contributed by atoms with E-state index in [1.807, 2.05) is 38.1 Å². The maximum Gasteiger partial charge on any atom is 0.337 e. The van der Waals surface area contributed by atoms with Gasteiger partial charge in [-0.15, -0.1) is 0 Å². The lowest BCUT2D eigenvalue weighted by molar-refractivity contribution is 0.0697. The van der Waals surface area contributed by atoms with Crippen LogP contribution >= 0.6 is 11.6 Å². The summed E-state index contributed by atoms with van der Waals surface area (Å²) in [6, 6.07) is 8.71. The highest BCUT2D eigenvalue weighted by atomic mass is 35.5. The van der Waals surface area contributed by atoms with Crippen molar-refractivity contribution in [3.63, 3.8) is 0 Å². The first-order chi connectivity index (χ1) is 9.95. The van der Waals surface area contributed by atoms with Crippen LogP contribution in [0.25, 0.3) is 0 Å². The molecule has 0 fully saturated rings. The van der Waals surface area contributed by atoms with E-state index in [-0.39, 0.29) is 16.7 Å². The molecule has 110 valence electrons. The van der Waals surface area contributed by atoms with Crippen molar-refractivity contribution < 1.29 is 14.6 Å².